The molecule has 0 fully saturated rings. The summed E-state index contributed by atoms with van der Waals surface area (Å²) in [5, 5.41) is 3.25. The van der Waals surface area contributed by atoms with E-state index < -0.39 is 0 Å². The molecule has 0 atom stereocenters. The van der Waals surface area contributed by atoms with Crippen molar-refractivity contribution in [3.8, 4) is 11.1 Å². The third-order valence-corrected chi connectivity index (χ3v) is 4.49. The molecule has 1 N–H and O–H groups in total. The first kappa shape index (κ1) is 17.0. The third-order valence-electron chi connectivity index (χ3n) is 4.49. The molecule has 0 amide bonds. The van der Waals surface area contributed by atoms with E-state index in [0.717, 1.165) is 30.0 Å². The van der Waals surface area contributed by atoms with E-state index in [2.05, 4.69) is 75.9 Å². The van der Waals surface area contributed by atoms with Crippen molar-refractivity contribution in [3.05, 3.63) is 109 Å². The van der Waals surface area contributed by atoms with E-state index in [9.17, 15) is 0 Å². The summed E-state index contributed by atoms with van der Waals surface area (Å²) < 4.78 is 0. The predicted octanol–water partition coefficient (Wildman–Crippen LogP) is 5.67. The molecule has 2 aromatic carbocycles. The first-order valence-electron chi connectivity index (χ1n) is 9.14. The zero-order valence-corrected chi connectivity index (χ0v) is 15.0. The smallest absolute Gasteiger partial charge is 0.130 e. The Bertz CT molecular complexity index is 964. The highest BCUT2D eigenvalue weighted by molar-refractivity contribution is 5.63. The Morgan fingerprint density at radius 1 is 0.630 bits per heavy atom. The summed E-state index contributed by atoms with van der Waals surface area (Å²) in [6.07, 6.45) is 5.54. The van der Waals surface area contributed by atoms with Crippen molar-refractivity contribution in [2.45, 2.75) is 12.8 Å². The van der Waals surface area contributed by atoms with Gasteiger partial charge in [-0.3, -0.25) is 4.98 Å². The third kappa shape index (κ3) is 4.59. The SMILES string of the molecule is c1ccc(-c2ccc(CCc3ccc(Nc4ccccn4)cn3)cc2)cc1. The van der Waals surface area contributed by atoms with Crippen molar-refractivity contribution in [1.82, 2.24) is 9.97 Å². The van der Waals surface area contributed by atoms with Crippen LogP contribution < -0.4 is 5.32 Å². The number of nitrogens with one attached hydrogen (secondary N) is 1. The van der Waals surface area contributed by atoms with Crippen LogP contribution in [0.4, 0.5) is 11.5 Å². The maximum absolute atomic E-state index is 4.56. The number of benzene rings is 2. The summed E-state index contributed by atoms with van der Waals surface area (Å²) in [5.74, 6) is 0.825. The van der Waals surface area contributed by atoms with E-state index in [-0.39, 0.29) is 0 Å². The number of rotatable bonds is 6. The van der Waals surface area contributed by atoms with E-state index in [4.69, 9.17) is 0 Å². The van der Waals surface area contributed by atoms with Crippen LogP contribution in [0, 0.1) is 0 Å². The molecule has 3 nitrogen and oxygen atoms in total. The molecule has 0 spiro atoms. The first-order chi connectivity index (χ1) is 13.4. The van der Waals surface area contributed by atoms with Crippen molar-refractivity contribution < 1.29 is 0 Å². The van der Waals surface area contributed by atoms with E-state index >= 15 is 0 Å². The Morgan fingerprint density at radius 3 is 2.11 bits per heavy atom. The minimum absolute atomic E-state index is 0.825. The lowest BCUT2D eigenvalue weighted by atomic mass is 10.0. The summed E-state index contributed by atoms with van der Waals surface area (Å²) >= 11 is 0. The van der Waals surface area contributed by atoms with Crippen LogP contribution in [0.5, 0.6) is 0 Å². The molecule has 2 aromatic heterocycles. The Labute approximate surface area is 159 Å². The van der Waals surface area contributed by atoms with Gasteiger partial charge in [0, 0.05) is 11.9 Å². The van der Waals surface area contributed by atoms with Gasteiger partial charge in [-0.15, -0.1) is 0 Å². The Hall–Kier alpha value is -3.46. The molecule has 3 heteroatoms. The lowest BCUT2D eigenvalue weighted by Gasteiger charge is -2.07. The van der Waals surface area contributed by atoms with Crippen LogP contribution in [0.1, 0.15) is 11.3 Å². The van der Waals surface area contributed by atoms with Crippen LogP contribution in [0.15, 0.2) is 97.3 Å². The van der Waals surface area contributed by atoms with Crippen molar-refractivity contribution in [3.63, 3.8) is 0 Å². The fraction of sp³-hybridized carbons (Fsp3) is 0.0833. The summed E-state index contributed by atoms with van der Waals surface area (Å²) in [6.45, 7) is 0. The summed E-state index contributed by atoms with van der Waals surface area (Å²) in [4.78, 5) is 8.83. The largest absolute Gasteiger partial charge is 0.339 e. The quantitative estimate of drug-likeness (QED) is 0.486. The highest BCUT2D eigenvalue weighted by atomic mass is 15.0. The molecule has 0 aliphatic heterocycles. The predicted molar refractivity (Wildman–Crippen MR) is 111 cm³/mol. The van der Waals surface area contributed by atoms with E-state index in [1.165, 1.54) is 16.7 Å². The fourth-order valence-corrected chi connectivity index (χ4v) is 3.00. The zero-order chi connectivity index (χ0) is 18.3. The van der Waals surface area contributed by atoms with Gasteiger partial charge in [0.25, 0.3) is 0 Å². The standard InChI is InChI=1S/C24H21N3/c1-2-6-20(7-3-1)21-12-9-19(10-13-21)11-14-22-15-16-23(18-26-22)27-24-8-4-5-17-25-24/h1-10,12-13,15-18H,11,14H2,(H,25,27). The summed E-state index contributed by atoms with van der Waals surface area (Å²) in [6, 6.07) is 29.2. The molecule has 0 saturated heterocycles. The van der Waals surface area contributed by atoms with Crippen LogP contribution in [0.25, 0.3) is 11.1 Å². The van der Waals surface area contributed by atoms with Crippen molar-refractivity contribution in [1.29, 1.82) is 0 Å². The molecule has 4 aromatic rings. The molecular weight excluding hydrogens is 330 g/mol. The average Bonchev–Trinajstić information content (AvgIpc) is 2.75. The van der Waals surface area contributed by atoms with Gasteiger partial charge in [-0.1, -0.05) is 60.7 Å². The lowest BCUT2D eigenvalue weighted by Crippen LogP contribution is -1.97. The number of hydrogen-bond donors (Lipinski definition) is 1. The maximum Gasteiger partial charge on any atom is 0.130 e. The van der Waals surface area contributed by atoms with Gasteiger partial charge >= 0.3 is 0 Å². The van der Waals surface area contributed by atoms with Crippen LogP contribution in [0.2, 0.25) is 0 Å². The Morgan fingerprint density at radius 2 is 1.41 bits per heavy atom. The highest BCUT2D eigenvalue weighted by Crippen LogP contribution is 2.20. The van der Waals surface area contributed by atoms with E-state index in [1.54, 1.807) is 6.20 Å². The van der Waals surface area contributed by atoms with Crippen molar-refractivity contribution in [2.24, 2.45) is 0 Å². The van der Waals surface area contributed by atoms with E-state index in [1.807, 2.05) is 30.5 Å². The molecule has 27 heavy (non-hydrogen) atoms. The molecule has 4 rings (SSSR count). The molecule has 0 aliphatic rings. The van der Waals surface area contributed by atoms with Gasteiger partial charge in [-0.05, 0) is 53.8 Å². The van der Waals surface area contributed by atoms with Gasteiger partial charge in [0.1, 0.15) is 5.82 Å². The van der Waals surface area contributed by atoms with Crippen LogP contribution in [-0.2, 0) is 12.8 Å². The van der Waals surface area contributed by atoms with Crippen molar-refractivity contribution >= 4 is 11.5 Å². The monoisotopic (exact) mass is 351 g/mol. The molecule has 0 aliphatic carbocycles. The Balaban J connectivity index is 1.34. The topological polar surface area (TPSA) is 37.8 Å². The maximum atomic E-state index is 4.56. The van der Waals surface area contributed by atoms with Crippen molar-refractivity contribution in [2.75, 3.05) is 5.32 Å². The van der Waals surface area contributed by atoms with Gasteiger partial charge in [0.2, 0.25) is 0 Å². The molecule has 0 radical (unpaired) electrons. The second-order valence-electron chi connectivity index (χ2n) is 6.44. The summed E-state index contributed by atoms with van der Waals surface area (Å²) in [7, 11) is 0. The molecule has 0 saturated carbocycles. The number of aromatic nitrogens is 2. The van der Waals surface area contributed by atoms with Gasteiger partial charge in [0.15, 0.2) is 0 Å². The van der Waals surface area contributed by atoms with Gasteiger partial charge in [-0.25, -0.2) is 4.98 Å². The van der Waals surface area contributed by atoms with Gasteiger partial charge in [0.05, 0.1) is 11.9 Å². The number of hydrogen-bond acceptors (Lipinski definition) is 3. The average molecular weight is 351 g/mol. The van der Waals surface area contributed by atoms with Crippen LogP contribution in [-0.4, -0.2) is 9.97 Å². The van der Waals surface area contributed by atoms with Gasteiger partial charge < -0.3 is 5.32 Å². The number of nitrogens with zero attached hydrogens (tertiary/aromatic N) is 2. The number of aryl methyl sites for hydroxylation is 2. The van der Waals surface area contributed by atoms with E-state index in [0.29, 0.717) is 0 Å². The zero-order valence-electron chi connectivity index (χ0n) is 15.0. The molecule has 0 bridgehead atoms. The van der Waals surface area contributed by atoms with Gasteiger partial charge in [-0.2, -0.15) is 0 Å². The number of anilines is 2. The second kappa shape index (κ2) is 8.28. The minimum Gasteiger partial charge on any atom is -0.339 e. The minimum atomic E-state index is 0.825. The normalized spacial score (nSPS) is 10.5. The molecule has 0 unspecified atom stereocenters. The van der Waals surface area contributed by atoms with Crippen LogP contribution >= 0.6 is 0 Å². The Kier molecular flexibility index (Phi) is 5.21. The lowest BCUT2D eigenvalue weighted by molar-refractivity contribution is 0.914. The summed E-state index contributed by atoms with van der Waals surface area (Å²) in [5.41, 5.74) is 5.87. The molecule has 132 valence electrons. The fourth-order valence-electron chi connectivity index (χ4n) is 3.00. The molecular formula is C24H21N3. The second-order valence-corrected chi connectivity index (χ2v) is 6.44. The first-order valence-corrected chi connectivity index (χ1v) is 9.14. The van der Waals surface area contributed by atoms with Crippen LogP contribution in [0.3, 0.4) is 0 Å². The number of pyridine rings is 2. The molecule has 2 heterocycles. The highest BCUT2D eigenvalue weighted by Gasteiger charge is 2.01.